The van der Waals surface area contributed by atoms with Crippen LogP contribution in [0.2, 0.25) is 0 Å². The Kier molecular flexibility index (Phi) is 5.79. The van der Waals surface area contributed by atoms with Crippen LogP contribution >= 0.6 is 12.2 Å². The molecule has 1 aromatic heterocycles. The number of nitrogens with zero attached hydrogens (tertiary/aromatic N) is 1. The van der Waals surface area contributed by atoms with Gasteiger partial charge in [-0.25, -0.2) is 0 Å². The van der Waals surface area contributed by atoms with Gasteiger partial charge in [-0.2, -0.15) is 0 Å². The van der Waals surface area contributed by atoms with Crippen molar-refractivity contribution in [3.63, 3.8) is 0 Å². The molecule has 0 saturated carbocycles. The standard InChI is InChI=1S/C17H14N4OS.Ra.H/c18-15-9-6-12-10-13(7-8-14(12)20-15)19-17(23)21-16(22)11-4-2-1-3-5-11;;/h1-10H,(H4,18,19,20,21,22,23);;/q;+1;/p-1. The fraction of sp³-hybridized carbons (Fsp3) is 0. The maximum absolute atomic E-state index is 12.1. The third kappa shape index (κ3) is 4.31. The zero-order valence-electron chi connectivity index (χ0n) is 13.0. The van der Waals surface area contributed by atoms with E-state index < -0.39 is 0 Å². The summed E-state index contributed by atoms with van der Waals surface area (Å²) in [5.41, 5.74) is 2.29. The van der Waals surface area contributed by atoms with Gasteiger partial charge in [0.1, 0.15) is 0 Å². The van der Waals surface area contributed by atoms with Crippen molar-refractivity contribution in [2.45, 2.75) is 0 Å². The Morgan fingerprint density at radius 2 is 1.83 bits per heavy atom. The first-order valence-corrected chi connectivity index (χ1v) is 11.9. The first-order chi connectivity index (χ1) is 11.7. The number of nitrogens with one attached hydrogen (secondary N) is 3. The van der Waals surface area contributed by atoms with Crippen molar-refractivity contribution in [3.05, 3.63) is 66.2 Å². The average molecular weight is 548 g/mol. The second kappa shape index (κ2) is 8.04. The van der Waals surface area contributed by atoms with Crippen molar-refractivity contribution in [2.75, 3.05) is 6.17 Å². The molecule has 0 bridgehead atoms. The second-order valence-electron chi connectivity index (χ2n) is 5.13. The molecule has 0 spiro atoms. The van der Waals surface area contributed by atoms with Crippen molar-refractivity contribution < 1.29 is 48.0 Å². The first kappa shape index (κ1) is 17.3. The Labute approximate surface area is 174 Å². The number of amides is 1. The van der Waals surface area contributed by atoms with Crippen molar-refractivity contribution >= 4 is 45.6 Å². The molecule has 7 heteroatoms. The van der Waals surface area contributed by atoms with Crippen LogP contribution in [-0.4, -0.2) is 16.0 Å². The molecule has 0 aliphatic heterocycles. The minimum atomic E-state index is -0.235. The molecule has 3 rings (SSSR count). The molecule has 1 amide bonds. The van der Waals surface area contributed by atoms with Gasteiger partial charge in [0, 0.05) is 0 Å². The molecule has 3 aromatic rings. The van der Waals surface area contributed by atoms with Gasteiger partial charge >= 0.3 is 146 Å². The van der Waals surface area contributed by atoms with Gasteiger partial charge in [0.05, 0.1) is 0 Å². The minimum absolute atomic E-state index is 0.216. The minimum Gasteiger partial charge on any atom is -0.0622 e. The Morgan fingerprint density at radius 3 is 2.58 bits per heavy atom. The summed E-state index contributed by atoms with van der Waals surface area (Å²) in [7, 11) is 0. The summed E-state index contributed by atoms with van der Waals surface area (Å²) in [5.74, 6) is 0.681. The van der Waals surface area contributed by atoms with Crippen molar-refractivity contribution in [1.82, 2.24) is 10.3 Å². The summed E-state index contributed by atoms with van der Waals surface area (Å²) in [6, 6.07) is 18.7. The normalized spacial score (nSPS) is 10.1. The number of carbonyl (C=O) groups excluding carboxylic acids is 1. The van der Waals surface area contributed by atoms with Crippen LogP contribution in [0.25, 0.3) is 10.9 Å². The van der Waals surface area contributed by atoms with Crippen LogP contribution in [0, 0.1) is 43.2 Å². The molecule has 0 unspecified atom stereocenters. The van der Waals surface area contributed by atoms with Gasteiger partial charge in [0.15, 0.2) is 0 Å². The number of carbonyl (C=O) groups is 1. The Balaban J connectivity index is 1.70. The van der Waals surface area contributed by atoms with E-state index in [0.29, 0.717) is 5.56 Å². The van der Waals surface area contributed by atoms with Crippen LogP contribution in [0.15, 0.2) is 60.7 Å². The molecule has 0 radical (unpaired) electrons. The molecule has 0 saturated heterocycles. The molecule has 24 heavy (non-hydrogen) atoms. The summed E-state index contributed by atoms with van der Waals surface area (Å²) < 4.78 is 3.24. The van der Waals surface area contributed by atoms with Crippen LogP contribution in [0.3, 0.4) is 0 Å². The zero-order valence-corrected chi connectivity index (χ0v) is 22.1. The number of hydrogen-bond acceptors (Lipinski definition) is 4. The number of fused-ring (bicyclic) bond motifs is 1. The molecule has 0 atom stereocenters. The Bertz CT molecular complexity index is 901. The van der Waals surface area contributed by atoms with E-state index in [1.807, 2.05) is 48.5 Å². The molecule has 1 heterocycles. The number of thiocarbonyl (C=S) groups is 1. The van der Waals surface area contributed by atoms with Crippen LogP contribution < -0.4 is 11.5 Å². The molecule has 3 N–H and O–H groups in total. The number of hydrogen-bond donors (Lipinski definition) is 3. The molecule has 2 aromatic carbocycles. The van der Waals surface area contributed by atoms with Crippen molar-refractivity contribution in [1.29, 1.82) is 0 Å². The van der Waals surface area contributed by atoms with Gasteiger partial charge in [-0.05, 0) is 12.1 Å². The molecular formula is C17H14N4ORaS. The number of anilines is 2. The number of rotatable bonds is 3. The maximum atomic E-state index is 12.1. The Morgan fingerprint density at radius 1 is 1.04 bits per heavy atom. The monoisotopic (exact) mass is 548 g/mol. The average Bonchev–Trinajstić information content (AvgIpc) is 2.61. The van der Waals surface area contributed by atoms with E-state index >= 15 is 0 Å². The van der Waals surface area contributed by atoms with E-state index in [0.717, 1.165) is 22.4 Å². The van der Waals surface area contributed by atoms with Gasteiger partial charge in [-0.3, -0.25) is 0 Å². The third-order valence-corrected chi connectivity index (χ3v) is 5.78. The van der Waals surface area contributed by atoms with Gasteiger partial charge in [0.25, 0.3) is 0 Å². The topological polar surface area (TPSA) is 66.0 Å². The van der Waals surface area contributed by atoms with Gasteiger partial charge in [0.2, 0.25) is 0 Å². The predicted molar refractivity (Wildman–Crippen MR) is 96.9 cm³/mol. The molecule has 5 nitrogen and oxygen atoms in total. The fourth-order valence-corrected chi connectivity index (χ4v) is 3.62. The summed E-state index contributed by atoms with van der Waals surface area (Å²) in [4.78, 5) is 16.6. The van der Waals surface area contributed by atoms with Crippen LogP contribution in [0.4, 0.5) is 11.5 Å². The van der Waals surface area contributed by atoms with E-state index in [1.54, 1.807) is 12.1 Å². The van der Waals surface area contributed by atoms with E-state index in [-0.39, 0.29) is 54.2 Å². The quantitative estimate of drug-likeness (QED) is 0.440. The smallest absolute Gasteiger partial charge is 0.0622 e. The van der Waals surface area contributed by atoms with Crippen LogP contribution in [0.1, 0.15) is 10.4 Å². The predicted octanol–water partition coefficient (Wildman–Crippen LogP) is 2.97. The van der Waals surface area contributed by atoms with Crippen molar-refractivity contribution in [3.8, 4) is 0 Å². The third-order valence-electron chi connectivity index (χ3n) is 3.47. The van der Waals surface area contributed by atoms with Gasteiger partial charge < -0.3 is 0 Å². The molecule has 0 aliphatic rings. The number of pyridine rings is 1. The summed E-state index contributed by atoms with van der Waals surface area (Å²) in [5, 5.41) is 6.98. The Hall–Kier alpha value is -1.52. The molecule has 0 fully saturated rings. The van der Waals surface area contributed by atoms with Gasteiger partial charge in [-0.15, -0.1) is 0 Å². The first-order valence-electron chi connectivity index (χ1n) is 7.41. The molecule has 116 valence electrons. The number of aromatic nitrogens is 1. The van der Waals surface area contributed by atoms with Crippen LogP contribution in [-0.2, 0) is 0 Å². The number of benzene rings is 2. The second-order valence-corrected chi connectivity index (χ2v) is 7.59. The van der Waals surface area contributed by atoms with E-state index in [9.17, 15) is 4.79 Å². The SMILES string of the molecule is O=C(NC(=S)Nc1ccc2nc([NH][RaH])ccc2c1)c1ccccc1. The zero-order chi connectivity index (χ0) is 16.9. The van der Waals surface area contributed by atoms with E-state index in [1.165, 1.54) is 0 Å². The summed E-state index contributed by atoms with van der Waals surface area (Å²) in [6.07, 6.45) is 0. The van der Waals surface area contributed by atoms with Crippen molar-refractivity contribution in [2.24, 2.45) is 0 Å². The fourth-order valence-electron chi connectivity index (χ4n) is 2.27. The summed E-state index contributed by atoms with van der Waals surface area (Å²) in [6.45, 7) is 0. The van der Waals surface area contributed by atoms with E-state index in [2.05, 4.69) is 16.5 Å². The van der Waals surface area contributed by atoms with Crippen LogP contribution in [0.5, 0.6) is 0 Å². The molecule has 0 aliphatic carbocycles. The van der Waals surface area contributed by atoms with E-state index in [4.69, 9.17) is 12.2 Å². The summed E-state index contributed by atoms with van der Waals surface area (Å²) >= 11 is 5.43. The molecular weight excluding hydrogens is 534 g/mol. The van der Waals surface area contributed by atoms with Gasteiger partial charge in [-0.1, -0.05) is 18.2 Å².